The van der Waals surface area contributed by atoms with Crippen LogP contribution in [0.15, 0.2) is 46.9 Å². The van der Waals surface area contributed by atoms with Gasteiger partial charge in [0, 0.05) is 5.56 Å². The van der Waals surface area contributed by atoms with Crippen LogP contribution < -0.4 is 10.5 Å². The molecule has 0 aromatic heterocycles. The third-order valence-corrected chi connectivity index (χ3v) is 3.18. The molecule has 0 bridgehead atoms. The summed E-state index contributed by atoms with van der Waals surface area (Å²) in [6.45, 7) is 1.99. The molecule has 92 valence electrons. The summed E-state index contributed by atoms with van der Waals surface area (Å²) in [5, 5.41) is 7.37. The number of halogens is 1. The van der Waals surface area contributed by atoms with E-state index < -0.39 is 0 Å². The number of rotatable bonds is 3. The minimum atomic E-state index is 0.0399. The molecule has 0 radical (unpaired) electrons. The normalized spacial score (nSPS) is 10.1. The molecule has 0 unspecified atom stereocenters. The summed E-state index contributed by atoms with van der Waals surface area (Å²) < 4.78 is 6.59. The molecule has 18 heavy (non-hydrogen) atoms. The number of aryl methyl sites for hydroxylation is 1. The Balaban J connectivity index is 2.30. The molecule has 0 aliphatic rings. The van der Waals surface area contributed by atoms with Crippen LogP contribution in [0.1, 0.15) is 11.1 Å². The summed E-state index contributed by atoms with van der Waals surface area (Å²) >= 11 is 3.42. The first-order valence-corrected chi connectivity index (χ1v) is 6.24. The predicted molar refractivity (Wildman–Crippen MR) is 76.4 cm³/mol. The molecule has 2 aromatic rings. The van der Waals surface area contributed by atoms with Crippen LogP contribution in [0.5, 0.6) is 11.5 Å². The van der Waals surface area contributed by atoms with E-state index in [0.29, 0.717) is 11.3 Å². The Morgan fingerprint density at radius 3 is 2.50 bits per heavy atom. The number of benzene rings is 2. The summed E-state index contributed by atoms with van der Waals surface area (Å²) in [7, 11) is 0. The molecule has 0 aliphatic carbocycles. The van der Waals surface area contributed by atoms with Gasteiger partial charge >= 0.3 is 0 Å². The van der Waals surface area contributed by atoms with Crippen molar-refractivity contribution in [2.75, 3.05) is 0 Å². The third kappa shape index (κ3) is 2.71. The van der Waals surface area contributed by atoms with Gasteiger partial charge in [-0.2, -0.15) is 0 Å². The number of hydrogen-bond acceptors (Lipinski definition) is 2. The van der Waals surface area contributed by atoms with Crippen LogP contribution in [0.25, 0.3) is 0 Å². The fraction of sp³-hybridized carbons (Fsp3) is 0.0714. The highest BCUT2D eigenvalue weighted by molar-refractivity contribution is 9.10. The van der Waals surface area contributed by atoms with Crippen molar-refractivity contribution in [3.8, 4) is 11.5 Å². The summed E-state index contributed by atoms with van der Waals surface area (Å²) in [6, 6.07) is 13.1. The maximum absolute atomic E-state index is 7.37. The molecule has 4 heteroatoms. The van der Waals surface area contributed by atoms with Crippen LogP contribution in [-0.4, -0.2) is 5.84 Å². The summed E-state index contributed by atoms with van der Waals surface area (Å²) in [4.78, 5) is 0. The van der Waals surface area contributed by atoms with E-state index in [9.17, 15) is 0 Å². The zero-order valence-corrected chi connectivity index (χ0v) is 11.5. The molecule has 0 aliphatic heterocycles. The van der Waals surface area contributed by atoms with Crippen LogP contribution in [0, 0.1) is 12.3 Å². The molecule has 2 aromatic carbocycles. The topological polar surface area (TPSA) is 59.1 Å². The number of nitrogens with two attached hydrogens (primary N) is 1. The lowest BCUT2D eigenvalue weighted by atomic mass is 10.2. The van der Waals surface area contributed by atoms with E-state index in [1.54, 1.807) is 18.2 Å². The average molecular weight is 305 g/mol. The number of hydrogen-bond donors (Lipinski definition) is 2. The van der Waals surface area contributed by atoms with Crippen LogP contribution in [-0.2, 0) is 0 Å². The summed E-state index contributed by atoms with van der Waals surface area (Å²) in [5.74, 6) is 1.56. The number of ether oxygens (including phenoxy) is 1. The smallest absolute Gasteiger partial charge is 0.141 e. The molecule has 0 amide bonds. The minimum Gasteiger partial charge on any atom is -0.456 e. The van der Waals surface area contributed by atoms with Gasteiger partial charge < -0.3 is 10.5 Å². The Labute approximate surface area is 114 Å². The first kappa shape index (κ1) is 12.6. The Morgan fingerprint density at radius 2 is 1.89 bits per heavy atom. The Kier molecular flexibility index (Phi) is 3.67. The molecule has 0 saturated heterocycles. The highest BCUT2D eigenvalue weighted by Crippen LogP contribution is 2.31. The second-order valence-corrected chi connectivity index (χ2v) is 4.78. The van der Waals surface area contributed by atoms with Crippen LogP contribution >= 0.6 is 15.9 Å². The van der Waals surface area contributed by atoms with Crippen molar-refractivity contribution >= 4 is 21.8 Å². The number of nitrogen functional groups attached to an aromatic ring is 1. The van der Waals surface area contributed by atoms with Gasteiger partial charge in [-0.15, -0.1) is 0 Å². The van der Waals surface area contributed by atoms with E-state index in [2.05, 4.69) is 15.9 Å². The maximum Gasteiger partial charge on any atom is 0.141 e. The number of amidine groups is 1. The van der Waals surface area contributed by atoms with Gasteiger partial charge in [0.15, 0.2) is 0 Å². The molecule has 3 N–H and O–H groups in total. The van der Waals surface area contributed by atoms with E-state index in [4.69, 9.17) is 15.9 Å². The highest BCUT2D eigenvalue weighted by atomic mass is 79.9. The Hall–Kier alpha value is -1.81. The van der Waals surface area contributed by atoms with Crippen molar-refractivity contribution < 1.29 is 4.74 Å². The third-order valence-electron chi connectivity index (χ3n) is 2.56. The molecular formula is C14H13BrN2O. The maximum atomic E-state index is 7.37. The van der Waals surface area contributed by atoms with Gasteiger partial charge in [-0.05, 0) is 52.7 Å². The van der Waals surface area contributed by atoms with Gasteiger partial charge in [0.2, 0.25) is 0 Å². The number of nitrogens with one attached hydrogen (secondary N) is 1. The SMILES string of the molecule is Cc1ccccc1Oc1ccc(C(=N)N)cc1Br. The van der Waals surface area contributed by atoms with Crippen molar-refractivity contribution in [2.24, 2.45) is 5.73 Å². The second kappa shape index (κ2) is 5.23. The molecule has 0 heterocycles. The predicted octanol–water partition coefficient (Wildman–Crippen LogP) is 3.83. The monoisotopic (exact) mass is 304 g/mol. The van der Waals surface area contributed by atoms with Gasteiger partial charge in [-0.1, -0.05) is 18.2 Å². The largest absolute Gasteiger partial charge is 0.456 e. The van der Waals surface area contributed by atoms with Crippen LogP contribution in [0.2, 0.25) is 0 Å². The second-order valence-electron chi connectivity index (χ2n) is 3.93. The van der Waals surface area contributed by atoms with Crippen molar-refractivity contribution in [1.29, 1.82) is 5.41 Å². The zero-order chi connectivity index (χ0) is 13.1. The van der Waals surface area contributed by atoms with E-state index >= 15 is 0 Å². The fourth-order valence-corrected chi connectivity index (χ4v) is 2.00. The van der Waals surface area contributed by atoms with E-state index in [0.717, 1.165) is 15.8 Å². The van der Waals surface area contributed by atoms with Crippen LogP contribution in [0.3, 0.4) is 0 Å². The molecule has 0 atom stereocenters. The minimum absolute atomic E-state index is 0.0399. The Bertz CT molecular complexity index is 596. The van der Waals surface area contributed by atoms with Gasteiger partial charge in [-0.25, -0.2) is 0 Å². The van der Waals surface area contributed by atoms with Gasteiger partial charge in [0.1, 0.15) is 17.3 Å². The van der Waals surface area contributed by atoms with Crippen molar-refractivity contribution in [1.82, 2.24) is 0 Å². The van der Waals surface area contributed by atoms with Gasteiger partial charge in [0.05, 0.1) is 4.47 Å². The Morgan fingerprint density at radius 1 is 1.17 bits per heavy atom. The lowest BCUT2D eigenvalue weighted by Gasteiger charge is -2.10. The highest BCUT2D eigenvalue weighted by Gasteiger charge is 2.06. The standard InChI is InChI=1S/C14H13BrN2O/c1-9-4-2-3-5-12(9)18-13-7-6-10(14(16)17)8-11(13)15/h2-8H,1H3,(H3,16,17). The molecule has 2 rings (SSSR count). The van der Waals surface area contributed by atoms with Crippen molar-refractivity contribution in [2.45, 2.75) is 6.92 Å². The van der Waals surface area contributed by atoms with Gasteiger partial charge in [0.25, 0.3) is 0 Å². The number of para-hydroxylation sites is 1. The molecular weight excluding hydrogens is 292 g/mol. The molecule has 0 saturated carbocycles. The van der Waals surface area contributed by atoms with Crippen LogP contribution in [0.4, 0.5) is 0 Å². The average Bonchev–Trinajstić information content (AvgIpc) is 2.34. The first-order valence-electron chi connectivity index (χ1n) is 5.45. The van der Waals surface area contributed by atoms with Crippen molar-refractivity contribution in [3.05, 3.63) is 58.1 Å². The van der Waals surface area contributed by atoms with Crippen molar-refractivity contribution in [3.63, 3.8) is 0 Å². The molecule has 0 fully saturated rings. The molecule has 3 nitrogen and oxygen atoms in total. The van der Waals surface area contributed by atoms with E-state index in [1.165, 1.54) is 0 Å². The fourth-order valence-electron chi connectivity index (χ4n) is 1.54. The lowest BCUT2D eigenvalue weighted by Crippen LogP contribution is -2.10. The first-order chi connectivity index (χ1) is 8.58. The van der Waals surface area contributed by atoms with E-state index in [1.807, 2.05) is 31.2 Å². The summed E-state index contributed by atoms with van der Waals surface area (Å²) in [6.07, 6.45) is 0. The van der Waals surface area contributed by atoms with E-state index in [-0.39, 0.29) is 5.84 Å². The lowest BCUT2D eigenvalue weighted by molar-refractivity contribution is 0.476. The van der Waals surface area contributed by atoms with Gasteiger partial charge in [-0.3, -0.25) is 5.41 Å². The quantitative estimate of drug-likeness (QED) is 0.668. The zero-order valence-electron chi connectivity index (χ0n) is 9.91. The summed E-state index contributed by atoms with van der Waals surface area (Å²) in [5.41, 5.74) is 7.17. The molecule has 0 spiro atoms.